The van der Waals surface area contributed by atoms with Crippen molar-refractivity contribution in [3.63, 3.8) is 0 Å². The summed E-state index contributed by atoms with van der Waals surface area (Å²) in [7, 11) is 0. The Morgan fingerprint density at radius 1 is 1.17 bits per heavy atom. The van der Waals surface area contributed by atoms with Crippen molar-refractivity contribution >= 4 is 0 Å². The summed E-state index contributed by atoms with van der Waals surface area (Å²) in [5.41, 5.74) is 0. The van der Waals surface area contributed by atoms with Crippen molar-refractivity contribution in [1.82, 2.24) is 0 Å². The maximum absolute atomic E-state index is 3.70. The molecule has 0 aliphatic carbocycles. The van der Waals surface area contributed by atoms with Gasteiger partial charge in [-0.15, -0.1) is 6.58 Å². The van der Waals surface area contributed by atoms with E-state index in [0.717, 1.165) is 12.3 Å². The quantitative estimate of drug-likeness (QED) is 0.390. The number of allylic oxidation sites excluding steroid dienone is 3. The van der Waals surface area contributed by atoms with Crippen molar-refractivity contribution in [2.75, 3.05) is 0 Å². The van der Waals surface area contributed by atoms with Crippen LogP contribution < -0.4 is 0 Å². The van der Waals surface area contributed by atoms with E-state index in [2.05, 4.69) is 32.6 Å². The molecule has 0 heterocycles. The van der Waals surface area contributed by atoms with E-state index < -0.39 is 0 Å². The summed E-state index contributed by atoms with van der Waals surface area (Å²) < 4.78 is 0. The van der Waals surface area contributed by atoms with E-state index in [0.29, 0.717) is 0 Å². The zero-order chi connectivity index (χ0) is 9.23. The maximum Gasteiger partial charge on any atom is -0.0239 e. The molecule has 0 aromatic rings. The van der Waals surface area contributed by atoms with Gasteiger partial charge in [0.2, 0.25) is 0 Å². The van der Waals surface area contributed by atoms with Gasteiger partial charge in [0.1, 0.15) is 0 Å². The SMILES string of the molecule is C=CCCCC=CC(CC)CC. The molecule has 0 aromatic carbocycles. The smallest absolute Gasteiger partial charge is 0.0239 e. The van der Waals surface area contributed by atoms with Crippen molar-refractivity contribution in [1.29, 1.82) is 0 Å². The average molecular weight is 166 g/mol. The van der Waals surface area contributed by atoms with Crippen LogP contribution in [0.3, 0.4) is 0 Å². The van der Waals surface area contributed by atoms with Crippen LogP contribution in [0.15, 0.2) is 24.8 Å². The summed E-state index contributed by atoms with van der Waals surface area (Å²) in [6, 6.07) is 0. The molecule has 0 amide bonds. The number of rotatable bonds is 7. The largest absolute Gasteiger partial charge is 0.103 e. The Morgan fingerprint density at radius 2 is 1.83 bits per heavy atom. The van der Waals surface area contributed by atoms with Crippen molar-refractivity contribution < 1.29 is 0 Å². The van der Waals surface area contributed by atoms with Gasteiger partial charge in [-0.3, -0.25) is 0 Å². The van der Waals surface area contributed by atoms with Crippen LogP contribution in [0.1, 0.15) is 46.0 Å². The minimum Gasteiger partial charge on any atom is -0.103 e. The van der Waals surface area contributed by atoms with Crippen LogP contribution in [0.2, 0.25) is 0 Å². The Morgan fingerprint density at radius 3 is 2.33 bits per heavy atom. The lowest BCUT2D eigenvalue weighted by atomic mass is 10.0. The van der Waals surface area contributed by atoms with E-state index in [-0.39, 0.29) is 0 Å². The molecule has 0 rings (SSSR count). The summed E-state index contributed by atoms with van der Waals surface area (Å²) in [5, 5.41) is 0. The lowest BCUT2D eigenvalue weighted by Crippen LogP contribution is -1.89. The topological polar surface area (TPSA) is 0 Å². The second-order valence-corrected chi connectivity index (χ2v) is 3.22. The van der Waals surface area contributed by atoms with E-state index in [1.807, 2.05) is 6.08 Å². The molecule has 0 N–H and O–H groups in total. The first-order valence-electron chi connectivity index (χ1n) is 5.12. The molecule has 0 bridgehead atoms. The first kappa shape index (κ1) is 11.5. The first-order valence-corrected chi connectivity index (χ1v) is 5.12. The molecular formula is C12H22. The molecule has 0 atom stereocenters. The van der Waals surface area contributed by atoms with Gasteiger partial charge in [0.25, 0.3) is 0 Å². The van der Waals surface area contributed by atoms with Crippen LogP contribution in [-0.4, -0.2) is 0 Å². The summed E-state index contributed by atoms with van der Waals surface area (Å²) >= 11 is 0. The summed E-state index contributed by atoms with van der Waals surface area (Å²) in [5.74, 6) is 0.800. The predicted octanol–water partition coefficient (Wildman–Crippen LogP) is 4.34. The Balaban J connectivity index is 3.38. The third-order valence-electron chi connectivity index (χ3n) is 2.24. The fraction of sp³-hybridized carbons (Fsp3) is 0.667. The zero-order valence-electron chi connectivity index (χ0n) is 8.55. The van der Waals surface area contributed by atoms with E-state index in [9.17, 15) is 0 Å². The molecule has 0 fully saturated rings. The third-order valence-corrected chi connectivity index (χ3v) is 2.24. The van der Waals surface area contributed by atoms with Crippen LogP contribution in [0.25, 0.3) is 0 Å². The number of hydrogen-bond donors (Lipinski definition) is 0. The molecular weight excluding hydrogens is 144 g/mol. The standard InChI is InChI=1S/C12H22/c1-4-7-8-9-10-11-12(5-2)6-3/h4,10-12H,1,5-9H2,2-3H3. The van der Waals surface area contributed by atoms with Crippen LogP contribution in [-0.2, 0) is 0 Å². The molecule has 0 heteroatoms. The average Bonchev–Trinajstić information content (AvgIpc) is 2.11. The maximum atomic E-state index is 3.70. The molecule has 0 saturated carbocycles. The van der Waals surface area contributed by atoms with Crippen molar-refractivity contribution in [3.8, 4) is 0 Å². The fourth-order valence-electron chi connectivity index (χ4n) is 1.23. The van der Waals surface area contributed by atoms with Crippen LogP contribution in [0.4, 0.5) is 0 Å². The molecule has 0 saturated heterocycles. The van der Waals surface area contributed by atoms with Gasteiger partial charge in [0, 0.05) is 0 Å². The minimum atomic E-state index is 0.800. The first-order chi connectivity index (χ1) is 5.85. The van der Waals surface area contributed by atoms with Gasteiger partial charge in [0.15, 0.2) is 0 Å². The predicted molar refractivity (Wildman–Crippen MR) is 57.3 cm³/mol. The minimum absolute atomic E-state index is 0.800. The van der Waals surface area contributed by atoms with Crippen LogP contribution >= 0.6 is 0 Å². The Kier molecular flexibility index (Phi) is 8.20. The van der Waals surface area contributed by atoms with Crippen molar-refractivity contribution in [3.05, 3.63) is 24.8 Å². The number of hydrogen-bond acceptors (Lipinski definition) is 0. The second-order valence-electron chi connectivity index (χ2n) is 3.22. The van der Waals surface area contributed by atoms with Gasteiger partial charge in [-0.05, 0) is 38.0 Å². The summed E-state index contributed by atoms with van der Waals surface area (Å²) in [6.45, 7) is 8.21. The van der Waals surface area contributed by atoms with E-state index in [4.69, 9.17) is 0 Å². The highest BCUT2D eigenvalue weighted by Crippen LogP contribution is 2.09. The van der Waals surface area contributed by atoms with Crippen molar-refractivity contribution in [2.24, 2.45) is 5.92 Å². The molecule has 0 aromatic heterocycles. The lowest BCUT2D eigenvalue weighted by molar-refractivity contribution is 0.603. The van der Waals surface area contributed by atoms with Gasteiger partial charge in [-0.2, -0.15) is 0 Å². The Hall–Kier alpha value is -0.520. The van der Waals surface area contributed by atoms with Gasteiger partial charge in [-0.1, -0.05) is 32.1 Å². The van der Waals surface area contributed by atoms with E-state index >= 15 is 0 Å². The normalized spacial score (nSPS) is 11.2. The summed E-state index contributed by atoms with van der Waals surface area (Å²) in [6.07, 6.45) is 12.8. The van der Waals surface area contributed by atoms with Gasteiger partial charge < -0.3 is 0 Å². The van der Waals surface area contributed by atoms with Crippen LogP contribution in [0, 0.1) is 5.92 Å². The highest BCUT2D eigenvalue weighted by molar-refractivity contribution is 4.87. The molecule has 0 nitrogen and oxygen atoms in total. The molecule has 0 unspecified atom stereocenters. The molecule has 0 radical (unpaired) electrons. The lowest BCUT2D eigenvalue weighted by Gasteiger charge is -2.04. The number of unbranched alkanes of at least 4 members (excludes halogenated alkanes) is 2. The fourth-order valence-corrected chi connectivity index (χ4v) is 1.23. The van der Waals surface area contributed by atoms with Gasteiger partial charge in [0.05, 0.1) is 0 Å². The zero-order valence-corrected chi connectivity index (χ0v) is 8.55. The van der Waals surface area contributed by atoms with Crippen LogP contribution in [0.5, 0.6) is 0 Å². The monoisotopic (exact) mass is 166 g/mol. The Labute approximate surface area is 77.4 Å². The molecule has 70 valence electrons. The molecule has 0 aliphatic rings. The van der Waals surface area contributed by atoms with Crippen molar-refractivity contribution in [2.45, 2.75) is 46.0 Å². The van der Waals surface area contributed by atoms with Gasteiger partial charge in [-0.25, -0.2) is 0 Å². The molecule has 0 aliphatic heterocycles. The van der Waals surface area contributed by atoms with E-state index in [1.54, 1.807) is 0 Å². The highest BCUT2D eigenvalue weighted by atomic mass is 14.0. The summed E-state index contributed by atoms with van der Waals surface area (Å²) in [4.78, 5) is 0. The third kappa shape index (κ3) is 6.21. The van der Waals surface area contributed by atoms with E-state index in [1.165, 1.54) is 25.7 Å². The second kappa shape index (κ2) is 8.58. The Bertz CT molecular complexity index is 118. The molecule has 0 spiro atoms. The van der Waals surface area contributed by atoms with Gasteiger partial charge >= 0.3 is 0 Å². The highest BCUT2D eigenvalue weighted by Gasteiger charge is 1.95. The molecule has 12 heavy (non-hydrogen) atoms.